The van der Waals surface area contributed by atoms with E-state index in [0.29, 0.717) is 18.7 Å². The van der Waals surface area contributed by atoms with Crippen LogP contribution in [0.15, 0.2) is 61.1 Å². The second-order valence-electron chi connectivity index (χ2n) is 6.59. The fraction of sp³-hybridized carbons (Fsp3) is 0.150. The Kier molecular flexibility index (Phi) is 3.92. The van der Waals surface area contributed by atoms with E-state index >= 15 is 0 Å². The first-order valence-electron chi connectivity index (χ1n) is 8.47. The predicted octanol–water partition coefficient (Wildman–Crippen LogP) is 3.75. The Balaban J connectivity index is 1.57. The number of carbonyl (C=O) groups is 2. The van der Waals surface area contributed by atoms with Crippen molar-refractivity contribution in [2.75, 3.05) is 5.32 Å². The number of hydrogen-bond donors (Lipinski definition) is 3. The summed E-state index contributed by atoms with van der Waals surface area (Å²) in [5.74, 6) is -0.395. The summed E-state index contributed by atoms with van der Waals surface area (Å²) < 4.78 is 1.64. The number of carboxylic acids is 1. The van der Waals surface area contributed by atoms with Crippen LogP contribution in [0.5, 0.6) is 0 Å². The average molecular weight is 363 g/mol. The van der Waals surface area contributed by atoms with Gasteiger partial charge in [0.05, 0.1) is 11.6 Å². The van der Waals surface area contributed by atoms with Crippen LogP contribution in [0, 0.1) is 0 Å². The van der Waals surface area contributed by atoms with Crippen LogP contribution >= 0.6 is 0 Å². The molecule has 7 heteroatoms. The number of rotatable bonds is 5. The number of imidazole rings is 1. The maximum atomic E-state index is 11.4. The molecule has 3 aromatic rings. The van der Waals surface area contributed by atoms with Gasteiger partial charge in [0.1, 0.15) is 12.1 Å². The standard InChI is InChI=1S/C20H17N3O4/c24-18(25)20(9-10-20)15-5-1-13(2-6-15)14-3-7-16(8-4-14)23-12-21-11-17(23)22-19(26)27/h1-8,11-12,22H,9-10H2,(H,24,25)(H,26,27). The number of aliphatic carboxylic acids is 1. The normalized spacial score (nSPS) is 14.5. The topological polar surface area (TPSA) is 104 Å². The first kappa shape index (κ1) is 16.8. The van der Waals surface area contributed by atoms with Crippen LogP contribution in [-0.4, -0.2) is 31.8 Å². The number of hydrogen-bond acceptors (Lipinski definition) is 3. The van der Waals surface area contributed by atoms with Crippen LogP contribution < -0.4 is 5.32 Å². The summed E-state index contributed by atoms with van der Waals surface area (Å²) in [4.78, 5) is 26.3. The molecule has 3 N–H and O–H groups in total. The lowest BCUT2D eigenvalue weighted by atomic mass is 9.94. The van der Waals surface area contributed by atoms with Gasteiger partial charge in [0.15, 0.2) is 0 Å². The minimum Gasteiger partial charge on any atom is -0.481 e. The SMILES string of the molecule is O=C(O)Nc1cncn1-c1ccc(-c2ccc(C3(C(=O)O)CC3)cc2)cc1. The zero-order valence-corrected chi connectivity index (χ0v) is 14.3. The number of nitrogens with one attached hydrogen (secondary N) is 1. The number of aromatic nitrogens is 2. The quantitative estimate of drug-likeness (QED) is 0.640. The van der Waals surface area contributed by atoms with Crippen molar-refractivity contribution in [1.29, 1.82) is 0 Å². The van der Waals surface area contributed by atoms with E-state index in [0.717, 1.165) is 22.4 Å². The minimum atomic E-state index is -1.15. The third kappa shape index (κ3) is 3.03. The average Bonchev–Trinajstić information content (AvgIpc) is 3.36. The number of carboxylic acid groups (broad SMARTS) is 2. The van der Waals surface area contributed by atoms with E-state index in [1.54, 1.807) is 4.57 Å². The smallest absolute Gasteiger partial charge is 0.410 e. The van der Waals surface area contributed by atoms with Gasteiger partial charge in [-0.1, -0.05) is 36.4 Å². The zero-order valence-electron chi connectivity index (χ0n) is 14.3. The zero-order chi connectivity index (χ0) is 19.0. The van der Waals surface area contributed by atoms with Crippen LogP contribution in [-0.2, 0) is 10.2 Å². The monoisotopic (exact) mass is 363 g/mol. The van der Waals surface area contributed by atoms with Crippen LogP contribution in [0.3, 0.4) is 0 Å². The number of amides is 1. The molecule has 27 heavy (non-hydrogen) atoms. The molecule has 1 heterocycles. The van der Waals surface area contributed by atoms with Gasteiger partial charge in [0, 0.05) is 5.69 Å². The molecule has 136 valence electrons. The molecule has 1 amide bonds. The summed E-state index contributed by atoms with van der Waals surface area (Å²) in [5.41, 5.74) is 2.90. The highest BCUT2D eigenvalue weighted by Gasteiger charge is 2.51. The highest BCUT2D eigenvalue weighted by Crippen LogP contribution is 2.48. The lowest BCUT2D eigenvalue weighted by Crippen LogP contribution is -2.19. The van der Waals surface area contributed by atoms with Crippen LogP contribution in [0.25, 0.3) is 16.8 Å². The van der Waals surface area contributed by atoms with Gasteiger partial charge in [-0.2, -0.15) is 0 Å². The summed E-state index contributed by atoms with van der Waals surface area (Å²) in [6.07, 6.45) is 3.21. The molecule has 0 saturated heterocycles. The number of anilines is 1. The molecule has 0 atom stereocenters. The van der Waals surface area contributed by atoms with Crippen molar-refractivity contribution in [3.8, 4) is 16.8 Å². The van der Waals surface area contributed by atoms with Crippen LogP contribution in [0.2, 0.25) is 0 Å². The number of nitrogens with zero attached hydrogens (tertiary/aromatic N) is 2. The molecule has 0 unspecified atom stereocenters. The molecule has 4 rings (SSSR count). The van der Waals surface area contributed by atoms with E-state index in [1.165, 1.54) is 12.5 Å². The first-order chi connectivity index (χ1) is 13.0. The molecule has 2 aromatic carbocycles. The Morgan fingerprint density at radius 2 is 1.56 bits per heavy atom. The molecule has 0 spiro atoms. The third-order valence-corrected chi connectivity index (χ3v) is 4.95. The predicted molar refractivity (Wildman–Crippen MR) is 99.2 cm³/mol. The molecule has 0 radical (unpaired) electrons. The third-order valence-electron chi connectivity index (χ3n) is 4.95. The van der Waals surface area contributed by atoms with E-state index in [1.807, 2.05) is 48.5 Å². The Hall–Kier alpha value is -3.61. The van der Waals surface area contributed by atoms with Gasteiger partial charge in [-0.15, -0.1) is 0 Å². The molecule has 0 bridgehead atoms. The van der Waals surface area contributed by atoms with Crippen molar-refractivity contribution in [3.63, 3.8) is 0 Å². The molecule has 1 saturated carbocycles. The van der Waals surface area contributed by atoms with E-state index < -0.39 is 17.5 Å². The lowest BCUT2D eigenvalue weighted by molar-refractivity contribution is -0.140. The molecule has 1 aliphatic carbocycles. The summed E-state index contributed by atoms with van der Waals surface area (Å²) in [7, 11) is 0. The molecule has 1 aromatic heterocycles. The minimum absolute atomic E-state index is 0.364. The lowest BCUT2D eigenvalue weighted by Gasteiger charge is -2.12. The molecular weight excluding hydrogens is 346 g/mol. The fourth-order valence-corrected chi connectivity index (χ4v) is 3.25. The molecule has 1 aliphatic rings. The summed E-state index contributed by atoms with van der Waals surface area (Å²) >= 11 is 0. The van der Waals surface area contributed by atoms with Gasteiger partial charge in [-0.25, -0.2) is 9.78 Å². The Morgan fingerprint density at radius 3 is 2.07 bits per heavy atom. The maximum absolute atomic E-state index is 11.4. The van der Waals surface area contributed by atoms with Crippen LogP contribution in [0.1, 0.15) is 18.4 Å². The molecule has 0 aliphatic heterocycles. The van der Waals surface area contributed by atoms with E-state index in [-0.39, 0.29) is 0 Å². The van der Waals surface area contributed by atoms with Crippen molar-refractivity contribution in [1.82, 2.24) is 9.55 Å². The first-order valence-corrected chi connectivity index (χ1v) is 8.47. The Morgan fingerprint density at radius 1 is 0.963 bits per heavy atom. The molecular formula is C20H17N3O4. The largest absolute Gasteiger partial charge is 0.481 e. The van der Waals surface area contributed by atoms with Crippen molar-refractivity contribution in [2.45, 2.75) is 18.3 Å². The van der Waals surface area contributed by atoms with Crippen molar-refractivity contribution in [2.24, 2.45) is 0 Å². The molecule has 1 fully saturated rings. The Bertz CT molecular complexity index is 1000. The van der Waals surface area contributed by atoms with E-state index in [9.17, 15) is 14.7 Å². The summed E-state index contributed by atoms with van der Waals surface area (Å²) in [6, 6.07) is 15.2. The van der Waals surface area contributed by atoms with Crippen molar-refractivity contribution >= 4 is 17.9 Å². The second kappa shape index (κ2) is 6.28. The fourth-order valence-electron chi connectivity index (χ4n) is 3.25. The van der Waals surface area contributed by atoms with Gasteiger partial charge in [-0.05, 0) is 41.7 Å². The van der Waals surface area contributed by atoms with Gasteiger partial charge >= 0.3 is 12.1 Å². The van der Waals surface area contributed by atoms with E-state index in [4.69, 9.17) is 5.11 Å². The van der Waals surface area contributed by atoms with Crippen molar-refractivity contribution < 1.29 is 19.8 Å². The Labute approximate surface area is 154 Å². The van der Waals surface area contributed by atoms with Crippen LogP contribution in [0.4, 0.5) is 10.6 Å². The highest BCUT2D eigenvalue weighted by molar-refractivity contribution is 5.85. The van der Waals surface area contributed by atoms with Gasteiger partial charge in [0.2, 0.25) is 0 Å². The summed E-state index contributed by atoms with van der Waals surface area (Å²) in [5, 5.41) is 20.6. The van der Waals surface area contributed by atoms with Crippen molar-refractivity contribution in [3.05, 3.63) is 66.6 Å². The second-order valence-corrected chi connectivity index (χ2v) is 6.59. The van der Waals surface area contributed by atoms with E-state index in [2.05, 4.69) is 10.3 Å². The maximum Gasteiger partial charge on any atom is 0.410 e. The van der Waals surface area contributed by atoms with Gasteiger partial charge in [0.25, 0.3) is 0 Å². The summed E-state index contributed by atoms with van der Waals surface area (Å²) in [6.45, 7) is 0. The highest BCUT2D eigenvalue weighted by atomic mass is 16.4. The van der Waals surface area contributed by atoms with Gasteiger partial charge < -0.3 is 10.2 Å². The number of benzene rings is 2. The molecule has 7 nitrogen and oxygen atoms in total. The van der Waals surface area contributed by atoms with Gasteiger partial charge in [-0.3, -0.25) is 14.7 Å².